The van der Waals surface area contributed by atoms with Crippen molar-refractivity contribution < 1.29 is 9.59 Å². The SMILES string of the molecule is CC(=O)Nc1c(NC(=O)C2CCCCC2)ncc(Cl)c1-c1cnc2n1CCCC2. The number of nitrogens with zero attached hydrogens (tertiary/aromatic N) is 3. The highest BCUT2D eigenvalue weighted by atomic mass is 35.5. The summed E-state index contributed by atoms with van der Waals surface area (Å²) in [5.41, 5.74) is 1.92. The summed E-state index contributed by atoms with van der Waals surface area (Å²) in [7, 11) is 0. The normalized spacial score (nSPS) is 16.9. The van der Waals surface area contributed by atoms with Crippen molar-refractivity contribution in [2.24, 2.45) is 5.92 Å². The van der Waals surface area contributed by atoms with Gasteiger partial charge >= 0.3 is 0 Å². The molecular formula is C21H26ClN5O2. The molecule has 0 spiro atoms. The summed E-state index contributed by atoms with van der Waals surface area (Å²) in [6, 6.07) is 0. The van der Waals surface area contributed by atoms with E-state index in [0.29, 0.717) is 22.1 Å². The monoisotopic (exact) mass is 415 g/mol. The number of nitrogens with one attached hydrogen (secondary N) is 2. The molecule has 0 radical (unpaired) electrons. The van der Waals surface area contributed by atoms with Crippen LogP contribution in [0.2, 0.25) is 5.02 Å². The average Bonchev–Trinajstić information content (AvgIpc) is 3.14. The van der Waals surface area contributed by atoms with Crippen LogP contribution in [-0.2, 0) is 22.6 Å². The number of aryl methyl sites for hydroxylation is 1. The van der Waals surface area contributed by atoms with Crippen LogP contribution in [0.25, 0.3) is 11.3 Å². The Kier molecular flexibility index (Phi) is 5.85. The van der Waals surface area contributed by atoms with Crippen LogP contribution in [0, 0.1) is 5.92 Å². The minimum absolute atomic E-state index is 0.0161. The molecule has 0 aromatic carbocycles. The first-order valence-electron chi connectivity index (χ1n) is 10.4. The molecule has 8 heteroatoms. The number of hydrogen-bond acceptors (Lipinski definition) is 4. The van der Waals surface area contributed by atoms with E-state index in [9.17, 15) is 9.59 Å². The highest BCUT2D eigenvalue weighted by molar-refractivity contribution is 6.34. The number of rotatable bonds is 4. The number of hydrogen-bond donors (Lipinski definition) is 2. The molecule has 2 N–H and O–H groups in total. The number of carbonyl (C=O) groups excluding carboxylic acids is 2. The lowest BCUT2D eigenvalue weighted by Gasteiger charge is -2.23. The van der Waals surface area contributed by atoms with Gasteiger partial charge in [-0.25, -0.2) is 9.97 Å². The Labute approximate surface area is 175 Å². The summed E-state index contributed by atoms with van der Waals surface area (Å²) in [4.78, 5) is 33.6. The lowest BCUT2D eigenvalue weighted by atomic mass is 9.88. The summed E-state index contributed by atoms with van der Waals surface area (Å²) in [5.74, 6) is 1.04. The molecule has 154 valence electrons. The fraction of sp³-hybridized carbons (Fsp3) is 0.524. The summed E-state index contributed by atoms with van der Waals surface area (Å²) in [6.45, 7) is 2.29. The summed E-state index contributed by atoms with van der Waals surface area (Å²) in [6.07, 6.45) is 11.5. The molecule has 2 aliphatic rings. The Balaban J connectivity index is 1.74. The molecule has 2 aromatic heterocycles. The maximum atomic E-state index is 12.8. The molecule has 0 atom stereocenters. The first kappa shape index (κ1) is 19.9. The van der Waals surface area contributed by atoms with E-state index in [1.165, 1.54) is 19.5 Å². The molecule has 0 unspecified atom stereocenters. The number of anilines is 2. The highest BCUT2D eigenvalue weighted by Gasteiger charge is 2.26. The van der Waals surface area contributed by atoms with Crippen molar-refractivity contribution in [3.8, 4) is 11.3 Å². The third kappa shape index (κ3) is 4.15. The summed E-state index contributed by atoms with van der Waals surface area (Å²) in [5, 5.41) is 6.20. The molecule has 1 saturated carbocycles. The van der Waals surface area contributed by atoms with E-state index >= 15 is 0 Å². The molecule has 0 bridgehead atoms. The van der Waals surface area contributed by atoms with Gasteiger partial charge in [0.2, 0.25) is 11.8 Å². The van der Waals surface area contributed by atoms with Crippen molar-refractivity contribution in [1.82, 2.24) is 14.5 Å². The van der Waals surface area contributed by atoms with Crippen molar-refractivity contribution in [1.29, 1.82) is 0 Å². The van der Waals surface area contributed by atoms with Gasteiger partial charge in [0.1, 0.15) is 5.82 Å². The minimum atomic E-state index is -0.248. The highest BCUT2D eigenvalue weighted by Crippen LogP contribution is 2.40. The molecule has 1 aliphatic carbocycles. The lowest BCUT2D eigenvalue weighted by Crippen LogP contribution is -2.26. The van der Waals surface area contributed by atoms with Crippen molar-refractivity contribution in [2.45, 2.75) is 64.8 Å². The van der Waals surface area contributed by atoms with Gasteiger partial charge in [-0.1, -0.05) is 30.9 Å². The molecule has 2 amide bonds. The Morgan fingerprint density at radius 1 is 1.07 bits per heavy atom. The first-order valence-corrected chi connectivity index (χ1v) is 10.7. The second-order valence-electron chi connectivity index (χ2n) is 7.88. The van der Waals surface area contributed by atoms with Gasteiger partial charge in [0.25, 0.3) is 0 Å². The minimum Gasteiger partial charge on any atom is -0.328 e. The van der Waals surface area contributed by atoms with E-state index in [1.807, 2.05) is 0 Å². The van der Waals surface area contributed by atoms with E-state index in [4.69, 9.17) is 11.6 Å². The Hall–Kier alpha value is -2.41. The van der Waals surface area contributed by atoms with Crippen LogP contribution >= 0.6 is 11.6 Å². The maximum Gasteiger partial charge on any atom is 0.228 e. The summed E-state index contributed by atoms with van der Waals surface area (Å²) >= 11 is 6.54. The molecule has 29 heavy (non-hydrogen) atoms. The Bertz CT molecular complexity index is 933. The van der Waals surface area contributed by atoms with Gasteiger partial charge < -0.3 is 15.2 Å². The van der Waals surface area contributed by atoms with Crippen molar-refractivity contribution >= 4 is 34.9 Å². The zero-order chi connectivity index (χ0) is 20.4. The number of fused-ring (bicyclic) bond motifs is 1. The van der Waals surface area contributed by atoms with Crippen molar-refractivity contribution in [3.05, 3.63) is 23.2 Å². The molecular weight excluding hydrogens is 390 g/mol. The fourth-order valence-electron chi connectivity index (χ4n) is 4.33. The third-order valence-corrected chi connectivity index (χ3v) is 6.06. The largest absolute Gasteiger partial charge is 0.328 e. The first-order chi connectivity index (χ1) is 14.0. The molecule has 0 saturated heterocycles. The Morgan fingerprint density at radius 3 is 2.62 bits per heavy atom. The van der Waals surface area contributed by atoms with Crippen LogP contribution in [0.5, 0.6) is 0 Å². The number of pyridine rings is 1. The van der Waals surface area contributed by atoms with E-state index in [2.05, 4.69) is 25.2 Å². The van der Waals surface area contributed by atoms with Crippen molar-refractivity contribution in [2.75, 3.05) is 10.6 Å². The Morgan fingerprint density at radius 2 is 1.86 bits per heavy atom. The lowest BCUT2D eigenvalue weighted by molar-refractivity contribution is -0.120. The van der Waals surface area contributed by atoms with Crippen LogP contribution in [0.15, 0.2) is 12.4 Å². The predicted octanol–water partition coefficient (Wildman–Crippen LogP) is 4.41. The number of aromatic nitrogens is 3. The van der Waals surface area contributed by atoms with Crippen molar-refractivity contribution in [3.63, 3.8) is 0 Å². The maximum absolute atomic E-state index is 12.8. The zero-order valence-corrected chi connectivity index (χ0v) is 17.4. The number of halogens is 1. The molecule has 4 rings (SSSR count). The topological polar surface area (TPSA) is 88.9 Å². The smallest absolute Gasteiger partial charge is 0.228 e. The van der Waals surface area contributed by atoms with E-state index < -0.39 is 0 Å². The van der Waals surface area contributed by atoms with Crippen LogP contribution in [-0.4, -0.2) is 26.3 Å². The third-order valence-electron chi connectivity index (χ3n) is 5.78. The number of carbonyl (C=O) groups is 2. The summed E-state index contributed by atoms with van der Waals surface area (Å²) < 4.78 is 2.14. The number of amides is 2. The molecule has 3 heterocycles. The van der Waals surface area contributed by atoms with Crippen LogP contribution in [0.1, 0.15) is 57.7 Å². The molecule has 2 aromatic rings. The molecule has 1 aliphatic heterocycles. The standard InChI is InChI=1S/C21H26ClN5O2/c1-13(28)25-19-18(16-12-23-17-9-5-6-10-27(16)17)15(22)11-24-20(19)26-21(29)14-7-3-2-4-8-14/h11-12,14H,2-10H2,1H3,(H,25,28)(H,24,26,29). The van der Waals surface area contributed by atoms with Crippen LogP contribution < -0.4 is 10.6 Å². The second kappa shape index (κ2) is 8.53. The van der Waals surface area contributed by atoms with Crippen LogP contribution in [0.3, 0.4) is 0 Å². The zero-order valence-electron chi connectivity index (χ0n) is 16.6. The van der Waals surface area contributed by atoms with Gasteiger partial charge in [-0.3, -0.25) is 9.59 Å². The average molecular weight is 416 g/mol. The second-order valence-corrected chi connectivity index (χ2v) is 8.29. The van der Waals surface area contributed by atoms with Crippen LogP contribution in [0.4, 0.5) is 11.5 Å². The van der Waals surface area contributed by atoms with Gasteiger partial charge in [-0.05, 0) is 25.7 Å². The molecule has 7 nitrogen and oxygen atoms in total. The quantitative estimate of drug-likeness (QED) is 0.773. The fourth-order valence-corrected chi connectivity index (χ4v) is 4.57. The van der Waals surface area contributed by atoms with Gasteiger partial charge in [-0.15, -0.1) is 0 Å². The molecule has 1 fully saturated rings. The van der Waals surface area contributed by atoms with Gasteiger partial charge in [0, 0.05) is 37.6 Å². The van der Waals surface area contributed by atoms with E-state index in [-0.39, 0.29) is 17.7 Å². The van der Waals surface area contributed by atoms with Gasteiger partial charge in [0.05, 0.1) is 22.6 Å². The van der Waals surface area contributed by atoms with Gasteiger partial charge in [-0.2, -0.15) is 0 Å². The van der Waals surface area contributed by atoms with E-state index in [1.54, 1.807) is 6.20 Å². The number of imidazole rings is 1. The van der Waals surface area contributed by atoms with E-state index in [0.717, 1.165) is 63.0 Å². The van der Waals surface area contributed by atoms with Gasteiger partial charge in [0.15, 0.2) is 5.82 Å². The predicted molar refractivity (Wildman–Crippen MR) is 113 cm³/mol.